The molecular formula is C18H17BF2N2S. The first-order valence-electron chi connectivity index (χ1n) is 7.65. The van der Waals surface area contributed by atoms with Gasteiger partial charge in [0.15, 0.2) is 0 Å². The standard InChI is InChI=1S/C18H17BF2N2S/c1-12-11-13(2)22-18(12)14(3)16-9-10-17(23(16)19(20)21)24-15-7-5-4-6-8-15/h4-11H,1-3H3/b18-14-. The molecule has 1 aromatic carbocycles. The predicted molar refractivity (Wildman–Crippen MR) is 97.8 cm³/mol. The highest BCUT2D eigenvalue weighted by Crippen LogP contribution is 2.35. The molecule has 3 rings (SSSR count). The molecule has 2 aromatic rings. The third-order valence-electron chi connectivity index (χ3n) is 3.87. The third kappa shape index (κ3) is 3.24. The van der Waals surface area contributed by atoms with E-state index in [1.807, 2.05) is 57.2 Å². The van der Waals surface area contributed by atoms with Crippen molar-refractivity contribution in [1.82, 2.24) is 4.48 Å². The molecule has 122 valence electrons. The van der Waals surface area contributed by atoms with Gasteiger partial charge in [0.05, 0.1) is 10.7 Å². The summed E-state index contributed by atoms with van der Waals surface area (Å²) < 4.78 is 28.5. The summed E-state index contributed by atoms with van der Waals surface area (Å²) in [4.78, 5) is 5.41. The Kier molecular flexibility index (Phi) is 4.76. The van der Waals surface area contributed by atoms with E-state index in [-0.39, 0.29) is 0 Å². The molecule has 24 heavy (non-hydrogen) atoms. The molecule has 0 spiro atoms. The monoisotopic (exact) mass is 342 g/mol. The smallest absolute Gasteiger partial charge is 0.320 e. The van der Waals surface area contributed by atoms with Crippen LogP contribution in [0.15, 0.2) is 74.7 Å². The second-order valence-electron chi connectivity index (χ2n) is 5.67. The van der Waals surface area contributed by atoms with Gasteiger partial charge in [-0.1, -0.05) is 30.0 Å². The summed E-state index contributed by atoms with van der Waals surface area (Å²) in [7, 11) is -2.60. The molecule has 0 unspecified atom stereocenters. The quantitative estimate of drug-likeness (QED) is 0.665. The van der Waals surface area contributed by atoms with E-state index in [1.54, 1.807) is 12.1 Å². The van der Waals surface area contributed by atoms with E-state index in [0.717, 1.165) is 31.9 Å². The van der Waals surface area contributed by atoms with Gasteiger partial charge >= 0.3 is 7.40 Å². The zero-order chi connectivity index (χ0) is 17.3. The number of aromatic nitrogens is 1. The Balaban J connectivity index is 2.04. The Labute approximate surface area is 145 Å². The first-order valence-corrected chi connectivity index (χ1v) is 8.46. The molecule has 6 heteroatoms. The van der Waals surface area contributed by atoms with Crippen molar-refractivity contribution in [2.24, 2.45) is 4.99 Å². The van der Waals surface area contributed by atoms with E-state index < -0.39 is 7.40 Å². The van der Waals surface area contributed by atoms with Crippen molar-refractivity contribution in [2.75, 3.05) is 0 Å². The van der Waals surface area contributed by atoms with E-state index in [1.165, 1.54) is 11.8 Å². The minimum atomic E-state index is -2.60. The van der Waals surface area contributed by atoms with Crippen LogP contribution in [0.1, 0.15) is 26.5 Å². The predicted octanol–water partition coefficient (Wildman–Crippen LogP) is 5.56. The van der Waals surface area contributed by atoms with Gasteiger partial charge in [-0.2, -0.15) is 0 Å². The van der Waals surface area contributed by atoms with Gasteiger partial charge in [0, 0.05) is 16.3 Å². The van der Waals surface area contributed by atoms with Gasteiger partial charge in [-0.25, -0.2) is 0 Å². The summed E-state index contributed by atoms with van der Waals surface area (Å²) in [5.41, 5.74) is 3.95. The van der Waals surface area contributed by atoms with Crippen LogP contribution in [0.5, 0.6) is 0 Å². The highest BCUT2D eigenvalue weighted by atomic mass is 32.2. The van der Waals surface area contributed by atoms with Crippen molar-refractivity contribution in [1.29, 1.82) is 0 Å². The SMILES string of the molecule is CC1=CC(C)=N/C1=C(/C)c1ccc(Sc2ccccc2)n1B(F)F. The van der Waals surface area contributed by atoms with Crippen molar-refractivity contribution in [2.45, 2.75) is 30.7 Å². The first kappa shape index (κ1) is 16.8. The lowest BCUT2D eigenvalue weighted by Gasteiger charge is -2.12. The highest BCUT2D eigenvalue weighted by Gasteiger charge is 2.26. The van der Waals surface area contributed by atoms with Crippen LogP contribution in [0.2, 0.25) is 0 Å². The van der Waals surface area contributed by atoms with E-state index in [4.69, 9.17) is 0 Å². The molecule has 0 atom stereocenters. The Morgan fingerprint density at radius 2 is 1.79 bits per heavy atom. The Morgan fingerprint density at radius 3 is 2.38 bits per heavy atom. The number of benzene rings is 1. The number of hydrogen-bond acceptors (Lipinski definition) is 2. The molecule has 2 heterocycles. The third-order valence-corrected chi connectivity index (χ3v) is 4.92. The van der Waals surface area contributed by atoms with Crippen molar-refractivity contribution >= 4 is 30.4 Å². The van der Waals surface area contributed by atoms with Crippen molar-refractivity contribution in [3.8, 4) is 0 Å². The highest BCUT2D eigenvalue weighted by molar-refractivity contribution is 7.99. The minimum absolute atomic E-state index is 0.504. The lowest BCUT2D eigenvalue weighted by atomic mass is 10.1. The molecule has 0 radical (unpaired) electrons. The fourth-order valence-corrected chi connectivity index (χ4v) is 3.76. The van der Waals surface area contributed by atoms with Crippen LogP contribution in [-0.2, 0) is 0 Å². The largest absolute Gasteiger partial charge is 0.678 e. The number of hydrogen-bond donors (Lipinski definition) is 0. The van der Waals surface area contributed by atoms with Crippen LogP contribution < -0.4 is 0 Å². The maximum atomic E-state index is 13.7. The topological polar surface area (TPSA) is 17.3 Å². The minimum Gasteiger partial charge on any atom is -0.320 e. The van der Waals surface area contributed by atoms with Crippen LogP contribution in [0.25, 0.3) is 5.57 Å². The number of allylic oxidation sites excluding steroid dienone is 3. The average molecular weight is 342 g/mol. The van der Waals surface area contributed by atoms with Crippen molar-refractivity contribution in [3.63, 3.8) is 0 Å². The van der Waals surface area contributed by atoms with Gasteiger partial charge in [-0.05, 0) is 62.3 Å². The van der Waals surface area contributed by atoms with Crippen LogP contribution in [0.3, 0.4) is 0 Å². The second-order valence-corrected chi connectivity index (χ2v) is 6.77. The number of aliphatic imine (C=N–C) groups is 1. The summed E-state index contributed by atoms with van der Waals surface area (Å²) in [5.74, 6) is 0. The molecule has 0 amide bonds. The lowest BCUT2D eigenvalue weighted by Crippen LogP contribution is -2.16. The van der Waals surface area contributed by atoms with E-state index in [9.17, 15) is 8.63 Å². The second kappa shape index (κ2) is 6.81. The van der Waals surface area contributed by atoms with Crippen LogP contribution in [0, 0.1) is 0 Å². The van der Waals surface area contributed by atoms with Crippen molar-refractivity contribution < 1.29 is 8.63 Å². The van der Waals surface area contributed by atoms with Crippen LogP contribution in [-0.4, -0.2) is 17.6 Å². The maximum Gasteiger partial charge on any atom is 0.678 e. The molecule has 0 bridgehead atoms. The van der Waals surface area contributed by atoms with Gasteiger partial charge in [0.2, 0.25) is 0 Å². The summed E-state index contributed by atoms with van der Waals surface area (Å²) >= 11 is 1.33. The van der Waals surface area contributed by atoms with Crippen molar-refractivity contribution in [3.05, 3.63) is 65.5 Å². The first-order chi connectivity index (χ1) is 11.5. The van der Waals surface area contributed by atoms with Gasteiger partial charge in [-0.15, -0.1) is 0 Å². The van der Waals surface area contributed by atoms with Gasteiger partial charge in [0.1, 0.15) is 0 Å². The lowest BCUT2D eigenvalue weighted by molar-refractivity contribution is 0.615. The molecule has 0 fully saturated rings. The summed E-state index contributed by atoms with van der Waals surface area (Å²) in [6.45, 7) is 5.71. The molecule has 2 nitrogen and oxygen atoms in total. The van der Waals surface area contributed by atoms with Crippen LogP contribution >= 0.6 is 11.8 Å². The Morgan fingerprint density at radius 1 is 1.08 bits per heavy atom. The van der Waals surface area contributed by atoms with E-state index in [0.29, 0.717) is 10.7 Å². The molecule has 1 aromatic heterocycles. The molecule has 0 N–H and O–H groups in total. The van der Waals surface area contributed by atoms with E-state index >= 15 is 0 Å². The van der Waals surface area contributed by atoms with Gasteiger partial charge < -0.3 is 4.48 Å². The van der Waals surface area contributed by atoms with Gasteiger partial charge in [0.25, 0.3) is 0 Å². The number of halogens is 2. The number of nitrogens with zero attached hydrogens (tertiary/aromatic N) is 2. The molecule has 0 aliphatic carbocycles. The fraction of sp³-hybridized carbons (Fsp3) is 0.167. The zero-order valence-electron chi connectivity index (χ0n) is 13.8. The molecule has 1 aliphatic heterocycles. The van der Waals surface area contributed by atoms with Crippen LogP contribution in [0.4, 0.5) is 8.63 Å². The van der Waals surface area contributed by atoms with Gasteiger partial charge in [-0.3, -0.25) is 13.6 Å². The zero-order valence-corrected chi connectivity index (χ0v) is 14.6. The Bertz CT molecular complexity index is 851. The normalized spacial score (nSPS) is 16.0. The summed E-state index contributed by atoms with van der Waals surface area (Å²) in [6, 6.07) is 13.0. The Hall–Kier alpha value is -2.08. The molecular weight excluding hydrogens is 325 g/mol. The summed E-state index contributed by atoms with van der Waals surface area (Å²) in [6.07, 6.45) is 1.97. The molecule has 1 aliphatic rings. The maximum absolute atomic E-state index is 13.7. The van der Waals surface area contributed by atoms with E-state index in [2.05, 4.69) is 4.99 Å². The number of rotatable bonds is 4. The fourth-order valence-electron chi connectivity index (χ4n) is 2.81. The summed E-state index contributed by atoms with van der Waals surface area (Å²) in [5, 5.41) is 0.520. The molecule has 0 saturated carbocycles. The average Bonchev–Trinajstić information content (AvgIpc) is 3.11. The molecule has 0 saturated heterocycles.